The minimum absolute atomic E-state index is 0.0241. The lowest BCUT2D eigenvalue weighted by Crippen LogP contribution is -2.51. The van der Waals surface area contributed by atoms with Gasteiger partial charge in [0.25, 0.3) is 0 Å². The molecule has 1 saturated heterocycles. The van der Waals surface area contributed by atoms with Gasteiger partial charge in [0.15, 0.2) is 0 Å². The number of hydrogen-bond donors (Lipinski definition) is 2. The zero-order valence-corrected chi connectivity index (χ0v) is 18.0. The maximum Gasteiger partial charge on any atom is 0.321 e. The van der Waals surface area contributed by atoms with Crippen LogP contribution in [0.5, 0.6) is 5.75 Å². The minimum Gasteiger partial charge on any atom is -0.497 e. The van der Waals surface area contributed by atoms with E-state index in [-0.39, 0.29) is 11.6 Å². The fraction of sp³-hybridized carbons (Fsp3) is 0.320. The molecule has 2 amide bonds. The van der Waals surface area contributed by atoms with Gasteiger partial charge in [-0.15, -0.1) is 0 Å². The molecule has 0 unspecified atom stereocenters. The van der Waals surface area contributed by atoms with Crippen LogP contribution in [-0.2, 0) is 12.0 Å². The Morgan fingerprint density at radius 1 is 1.13 bits per heavy atom. The van der Waals surface area contributed by atoms with E-state index < -0.39 is 0 Å². The summed E-state index contributed by atoms with van der Waals surface area (Å²) >= 11 is 0. The molecule has 1 aromatic heterocycles. The van der Waals surface area contributed by atoms with Crippen molar-refractivity contribution in [3.05, 3.63) is 72.1 Å². The smallest absolute Gasteiger partial charge is 0.321 e. The first kappa shape index (κ1) is 19.5. The zero-order valence-electron chi connectivity index (χ0n) is 18.0. The monoisotopic (exact) mass is 416 g/mol. The molecule has 1 spiro atoms. The van der Waals surface area contributed by atoms with Crippen LogP contribution in [0.25, 0.3) is 5.69 Å². The van der Waals surface area contributed by atoms with Crippen molar-refractivity contribution in [2.45, 2.75) is 31.7 Å². The Labute approximate surface area is 182 Å². The van der Waals surface area contributed by atoms with E-state index in [4.69, 9.17) is 4.74 Å². The quantitative estimate of drug-likeness (QED) is 0.632. The lowest BCUT2D eigenvalue weighted by Gasteiger charge is -2.46. The number of nitrogens with one attached hydrogen (secondary N) is 2. The van der Waals surface area contributed by atoms with Gasteiger partial charge in [-0.1, -0.05) is 25.1 Å². The number of aromatic nitrogens is 1. The SMILES string of the molecule is CCc1ccccc1NC(=O)N1CCC2(CC1)Nc1cc(OC)ccc1-n1cccc12. The van der Waals surface area contributed by atoms with Gasteiger partial charge in [0.05, 0.1) is 24.0 Å². The number of ether oxygens (including phenoxy) is 1. The molecule has 6 heteroatoms. The van der Waals surface area contributed by atoms with Crippen LogP contribution in [-0.4, -0.2) is 35.7 Å². The fourth-order valence-corrected chi connectivity index (χ4v) is 4.87. The topological polar surface area (TPSA) is 58.5 Å². The molecule has 31 heavy (non-hydrogen) atoms. The summed E-state index contributed by atoms with van der Waals surface area (Å²) in [6.07, 6.45) is 4.69. The number of para-hydroxylation sites is 1. The van der Waals surface area contributed by atoms with E-state index in [9.17, 15) is 4.79 Å². The second-order valence-electron chi connectivity index (χ2n) is 8.28. The van der Waals surface area contributed by atoms with Gasteiger partial charge in [-0.05, 0) is 55.2 Å². The number of fused-ring (bicyclic) bond motifs is 4. The van der Waals surface area contributed by atoms with Gasteiger partial charge in [-0.25, -0.2) is 4.79 Å². The predicted octanol–water partition coefficient (Wildman–Crippen LogP) is 5.00. The van der Waals surface area contributed by atoms with Crippen molar-refractivity contribution in [2.24, 2.45) is 0 Å². The van der Waals surface area contributed by atoms with Crippen molar-refractivity contribution < 1.29 is 9.53 Å². The van der Waals surface area contributed by atoms with E-state index in [1.54, 1.807) is 7.11 Å². The second kappa shape index (κ2) is 7.69. The standard InChI is InChI=1S/C25H28N4O2/c1-3-18-7-4-5-8-20(18)26-24(30)28-15-12-25(13-16-28)23-9-6-14-29(23)22-11-10-19(31-2)17-21(22)27-25/h4-11,14,17,27H,3,12-13,15-16H2,1-2H3,(H,26,30). The van der Waals surface area contributed by atoms with Crippen molar-refractivity contribution in [1.29, 1.82) is 0 Å². The number of urea groups is 1. The molecular formula is C25H28N4O2. The lowest BCUT2D eigenvalue weighted by molar-refractivity contribution is 0.174. The number of carbonyl (C=O) groups excluding carboxylic acids is 1. The third kappa shape index (κ3) is 3.32. The minimum atomic E-state index is -0.193. The molecule has 0 atom stereocenters. The average Bonchev–Trinajstić information content (AvgIpc) is 3.31. The summed E-state index contributed by atoms with van der Waals surface area (Å²) in [4.78, 5) is 14.9. The zero-order chi connectivity index (χ0) is 21.4. The van der Waals surface area contributed by atoms with Gasteiger partial charge in [0.1, 0.15) is 5.75 Å². The lowest BCUT2D eigenvalue weighted by atomic mass is 9.82. The van der Waals surface area contributed by atoms with Crippen molar-refractivity contribution in [3.8, 4) is 11.4 Å². The van der Waals surface area contributed by atoms with Crippen molar-refractivity contribution in [3.63, 3.8) is 0 Å². The Balaban J connectivity index is 1.35. The average molecular weight is 417 g/mol. The number of methoxy groups -OCH3 is 1. The Kier molecular flexibility index (Phi) is 4.85. The van der Waals surface area contributed by atoms with Crippen molar-refractivity contribution >= 4 is 17.4 Å². The highest BCUT2D eigenvalue weighted by molar-refractivity contribution is 5.90. The van der Waals surface area contributed by atoms with Crippen LogP contribution in [0, 0.1) is 0 Å². The molecule has 0 radical (unpaired) electrons. The summed E-state index contributed by atoms with van der Waals surface area (Å²) in [7, 11) is 1.69. The number of carbonyl (C=O) groups is 1. The van der Waals surface area contributed by atoms with Crippen LogP contribution in [0.4, 0.5) is 16.2 Å². The summed E-state index contributed by atoms with van der Waals surface area (Å²) in [5.41, 5.74) is 5.31. The van der Waals surface area contributed by atoms with Gasteiger partial charge in [0, 0.05) is 36.7 Å². The summed E-state index contributed by atoms with van der Waals surface area (Å²) in [5, 5.41) is 6.91. The first-order valence-corrected chi connectivity index (χ1v) is 10.9. The van der Waals surface area contributed by atoms with E-state index in [1.807, 2.05) is 29.2 Å². The van der Waals surface area contributed by atoms with Gasteiger partial charge in [-0.2, -0.15) is 0 Å². The van der Waals surface area contributed by atoms with Crippen LogP contribution in [0.15, 0.2) is 60.8 Å². The van der Waals surface area contributed by atoms with E-state index in [2.05, 4.69) is 58.7 Å². The molecule has 3 aromatic rings. The van der Waals surface area contributed by atoms with E-state index in [0.717, 1.165) is 47.6 Å². The van der Waals surface area contributed by atoms with Crippen molar-refractivity contribution in [2.75, 3.05) is 30.8 Å². The molecule has 1 fully saturated rings. The molecule has 2 N–H and O–H groups in total. The number of nitrogens with zero attached hydrogens (tertiary/aromatic N) is 2. The molecule has 3 heterocycles. The molecule has 5 rings (SSSR count). The molecule has 0 aliphatic carbocycles. The third-order valence-corrected chi connectivity index (χ3v) is 6.62. The molecule has 2 aliphatic rings. The van der Waals surface area contributed by atoms with Gasteiger partial charge in [0.2, 0.25) is 0 Å². The number of rotatable bonds is 3. The summed E-state index contributed by atoms with van der Waals surface area (Å²) in [5.74, 6) is 0.836. The van der Waals surface area contributed by atoms with Gasteiger partial charge in [-0.3, -0.25) is 0 Å². The summed E-state index contributed by atoms with van der Waals surface area (Å²) < 4.78 is 7.70. The molecule has 0 bridgehead atoms. The summed E-state index contributed by atoms with van der Waals surface area (Å²) in [6, 6.07) is 18.4. The van der Waals surface area contributed by atoms with Crippen LogP contribution < -0.4 is 15.4 Å². The van der Waals surface area contributed by atoms with E-state index in [0.29, 0.717) is 13.1 Å². The fourth-order valence-electron chi connectivity index (χ4n) is 4.87. The highest BCUT2D eigenvalue weighted by atomic mass is 16.5. The molecule has 2 aromatic carbocycles. The second-order valence-corrected chi connectivity index (χ2v) is 8.28. The normalized spacial score (nSPS) is 16.3. The maximum absolute atomic E-state index is 13.0. The Hall–Kier alpha value is -3.41. The van der Waals surface area contributed by atoms with Gasteiger partial charge < -0.3 is 24.8 Å². The molecule has 6 nitrogen and oxygen atoms in total. The first-order valence-electron chi connectivity index (χ1n) is 10.9. The highest BCUT2D eigenvalue weighted by Crippen LogP contribution is 2.44. The highest BCUT2D eigenvalue weighted by Gasteiger charge is 2.42. The first-order chi connectivity index (χ1) is 15.1. The Morgan fingerprint density at radius 2 is 1.94 bits per heavy atom. The summed E-state index contributed by atoms with van der Waals surface area (Å²) in [6.45, 7) is 3.49. The number of amides is 2. The van der Waals surface area contributed by atoms with Crippen LogP contribution in [0.2, 0.25) is 0 Å². The van der Waals surface area contributed by atoms with Crippen LogP contribution in [0.3, 0.4) is 0 Å². The molecule has 2 aliphatic heterocycles. The number of likely N-dealkylation sites (tertiary alicyclic amines) is 1. The Morgan fingerprint density at radius 3 is 2.71 bits per heavy atom. The van der Waals surface area contributed by atoms with Crippen molar-refractivity contribution in [1.82, 2.24) is 9.47 Å². The largest absolute Gasteiger partial charge is 0.497 e. The number of anilines is 2. The molecule has 160 valence electrons. The number of hydrogen-bond acceptors (Lipinski definition) is 3. The van der Waals surface area contributed by atoms with E-state index >= 15 is 0 Å². The molecule has 0 saturated carbocycles. The van der Waals surface area contributed by atoms with Crippen LogP contribution >= 0.6 is 0 Å². The Bertz CT molecular complexity index is 1110. The number of benzene rings is 2. The van der Waals surface area contributed by atoms with Gasteiger partial charge >= 0.3 is 6.03 Å². The van der Waals surface area contributed by atoms with Crippen LogP contribution in [0.1, 0.15) is 31.0 Å². The predicted molar refractivity (Wildman–Crippen MR) is 123 cm³/mol. The number of aryl methyl sites for hydroxylation is 1. The third-order valence-electron chi connectivity index (χ3n) is 6.62. The number of piperidine rings is 1. The molecular weight excluding hydrogens is 388 g/mol. The maximum atomic E-state index is 13.0. The van der Waals surface area contributed by atoms with E-state index in [1.165, 1.54) is 5.69 Å².